The standard InChI is InChI=1S/C14H15Cl2NS/c1-3-9-6-7-18-14(9)13(17-2)10-4-5-11(15)12(16)8-10/h4-8,13,17H,3H2,1-2H3. The first-order valence-corrected chi connectivity index (χ1v) is 7.49. The van der Waals surface area contributed by atoms with E-state index in [1.807, 2.05) is 25.2 Å². The maximum absolute atomic E-state index is 6.09. The first-order chi connectivity index (χ1) is 8.67. The quantitative estimate of drug-likeness (QED) is 0.844. The molecule has 4 heteroatoms. The van der Waals surface area contributed by atoms with E-state index in [0.717, 1.165) is 12.0 Å². The number of halogens is 2. The Hall–Kier alpha value is -0.540. The molecule has 0 fully saturated rings. The Labute approximate surface area is 122 Å². The van der Waals surface area contributed by atoms with E-state index in [2.05, 4.69) is 23.7 Å². The minimum absolute atomic E-state index is 0.176. The van der Waals surface area contributed by atoms with Crippen molar-refractivity contribution in [3.8, 4) is 0 Å². The fraction of sp³-hybridized carbons (Fsp3) is 0.286. The summed E-state index contributed by atoms with van der Waals surface area (Å²) in [5.74, 6) is 0. The normalized spacial score (nSPS) is 12.7. The van der Waals surface area contributed by atoms with E-state index in [0.29, 0.717) is 10.0 Å². The number of hydrogen-bond donors (Lipinski definition) is 1. The Balaban J connectivity index is 2.42. The summed E-state index contributed by atoms with van der Waals surface area (Å²) in [7, 11) is 1.96. The first kappa shape index (κ1) is 13.9. The topological polar surface area (TPSA) is 12.0 Å². The summed E-state index contributed by atoms with van der Waals surface area (Å²) in [5.41, 5.74) is 2.52. The largest absolute Gasteiger partial charge is 0.309 e. The van der Waals surface area contributed by atoms with Gasteiger partial charge in [0.2, 0.25) is 0 Å². The lowest BCUT2D eigenvalue weighted by molar-refractivity contribution is 0.697. The third kappa shape index (κ3) is 2.72. The van der Waals surface area contributed by atoms with Gasteiger partial charge in [0.15, 0.2) is 0 Å². The summed E-state index contributed by atoms with van der Waals surface area (Å²) < 4.78 is 0. The predicted octanol–water partition coefficient (Wildman–Crippen LogP) is 4.93. The lowest BCUT2D eigenvalue weighted by Crippen LogP contribution is -2.17. The van der Waals surface area contributed by atoms with E-state index < -0.39 is 0 Å². The van der Waals surface area contributed by atoms with E-state index in [4.69, 9.17) is 23.2 Å². The third-order valence-corrected chi connectivity index (χ3v) is 4.75. The van der Waals surface area contributed by atoms with Crippen molar-refractivity contribution in [3.63, 3.8) is 0 Å². The maximum atomic E-state index is 6.09. The zero-order chi connectivity index (χ0) is 13.1. The highest BCUT2D eigenvalue weighted by Crippen LogP contribution is 2.33. The molecule has 2 rings (SSSR count). The molecule has 0 bridgehead atoms. The molecule has 0 aliphatic heterocycles. The second-order valence-electron chi connectivity index (χ2n) is 4.06. The van der Waals surface area contributed by atoms with Crippen LogP contribution < -0.4 is 5.32 Å². The van der Waals surface area contributed by atoms with E-state index in [-0.39, 0.29) is 6.04 Å². The molecule has 0 saturated heterocycles. The van der Waals surface area contributed by atoms with Gasteiger partial charge in [0, 0.05) is 4.88 Å². The van der Waals surface area contributed by atoms with Crippen LogP contribution in [-0.2, 0) is 6.42 Å². The average molecular weight is 300 g/mol. The van der Waals surface area contributed by atoms with Crippen molar-refractivity contribution >= 4 is 34.5 Å². The van der Waals surface area contributed by atoms with Crippen LogP contribution in [-0.4, -0.2) is 7.05 Å². The summed E-state index contributed by atoms with van der Waals surface area (Å²) >= 11 is 13.8. The van der Waals surface area contributed by atoms with Crippen molar-refractivity contribution < 1.29 is 0 Å². The van der Waals surface area contributed by atoms with Crippen LogP contribution in [0.3, 0.4) is 0 Å². The molecule has 1 nitrogen and oxygen atoms in total. The van der Waals surface area contributed by atoms with Crippen LogP contribution in [0.1, 0.15) is 29.0 Å². The molecule has 1 aromatic carbocycles. The highest BCUT2D eigenvalue weighted by Gasteiger charge is 2.17. The Kier molecular flexibility index (Phi) is 4.68. The Morgan fingerprint density at radius 1 is 1.22 bits per heavy atom. The van der Waals surface area contributed by atoms with Crippen molar-refractivity contribution in [2.24, 2.45) is 0 Å². The third-order valence-electron chi connectivity index (χ3n) is 2.99. The number of rotatable bonds is 4. The highest BCUT2D eigenvalue weighted by molar-refractivity contribution is 7.10. The van der Waals surface area contributed by atoms with Gasteiger partial charge in [-0.1, -0.05) is 36.2 Å². The highest BCUT2D eigenvalue weighted by atomic mass is 35.5. The molecule has 0 amide bonds. The molecule has 1 unspecified atom stereocenters. The number of hydrogen-bond acceptors (Lipinski definition) is 2. The van der Waals surface area contributed by atoms with E-state index in [1.165, 1.54) is 10.4 Å². The van der Waals surface area contributed by atoms with Crippen molar-refractivity contribution in [2.45, 2.75) is 19.4 Å². The summed E-state index contributed by atoms with van der Waals surface area (Å²) in [6.45, 7) is 2.17. The van der Waals surface area contributed by atoms with E-state index in [9.17, 15) is 0 Å². The molecule has 0 saturated carbocycles. The molecular formula is C14H15Cl2NS. The summed E-state index contributed by atoms with van der Waals surface area (Å²) in [4.78, 5) is 1.35. The Morgan fingerprint density at radius 3 is 2.61 bits per heavy atom. The van der Waals surface area contributed by atoms with Gasteiger partial charge in [-0.25, -0.2) is 0 Å². The second kappa shape index (κ2) is 6.07. The van der Waals surface area contributed by atoms with Gasteiger partial charge < -0.3 is 5.32 Å². The lowest BCUT2D eigenvalue weighted by atomic mass is 10.0. The van der Waals surface area contributed by atoms with Gasteiger partial charge in [0.25, 0.3) is 0 Å². The average Bonchev–Trinajstić information content (AvgIpc) is 2.83. The summed E-state index contributed by atoms with van der Waals surface area (Å²) in [5, 5.41) is 6.68. The van der Waals surface area contributed by atoms with Gasteiger partial charge in [0.1, 0.15) is 0 Å². The summed E-state index contributed by atoms with van der Waals surface area (Å²) in [6, 6.07) is 8.17. The molecule has 0 aliphatic carbocycles. The number of benzene rings is 1. The number of nitrogens with one attached hydrogen (secondary N) is 1. The van der Waals surface area contributed by atoms with Gasteiger partial charge >= 0.3 is 0 Å². The van der Waals surface area contributed by atoms with Crippen LogP contribution in [0.5, 0.6) is 0 Å². The van der Waals surface area contributed by atoms with Crippen LogP contribution >= 0.6 is 34.5 Å². The zero-order valence-corrected chi connectivity index (χ0v) is 12.7. The van der Waals surface area contributed by atoms with Crippen LogP contribution in [0.2, 0.25) is 10.0 Å². The molecule has 0 radical (unpaired) electrons. The maximum Gasteiger partial charge on any atom is 0.0671 e. The monoisotopic (exact) mass is 299 g/mol. The molecule has 1 N–H and O–H groups in total. The second-order valence-corrected chi connectivity index (χ2v) is 5.82. The molecule has 96 valence electrons. The molecule has 0 spiro atoms. The molecule has 2 aromatic rings. The lowest BCUT2D eigenvalue weighted by Gasteiger charge is -2.17. The molecular weight excluding hydrogens is 285 g/mol. The van der Waals surface area contributed by atoms with Crippen molar-refractivity contribution in [2.75, 3.05) is 7.05 Å². The minimum Gasteiger partial charge on any atom is -0.309 e. The van der Waals surface area contributed by atoms with Crippen LogP contribution in [0.25, 0.3) is 0 Å². The van der Waals surface area contributed by atoms with E-state index in [1.54, 1.807) is 11.3 Å². The molecule has 0 aliphatic rings. The SMILES string of the molecule is CCc1ccsc1C(NC)c1ccc(Cl)c(Cl)c1. The fourth-order valence-corrected chi connectivity index (χ4v) is 3.47. The van der Waals surface area contributed by atoms with Crippen LogP contribution in [0.15, 0.2) is 29.6 Å². The Morgan fingerprint density at radius 2 is 2.00 bits per heavy atom. The van der Waals surface area contributed by atoms with Gasteiger partial charge in [-0.05, 0) is 48.2 Å². The number of aryl methyl sites for hydroxylation is 1. The first-order valence-electron chi connectivity index (χ1n) is 5.85. The van der Waals surface area contributed by atoms with Gasteiger partial charge in [-0.3, -0.25) is 0 Å². The Bertz CT molecular complexity index is 536. The predicted molar refractivity (Wildman–Crippen MR) is 81.1 cm³/mol. The molecule has 1 aromatic heterocycles. The van der Waals surface area contributed by atoms with Crippen molar-refractivity contribution in [1.82, 2.24) is 5.32 Å². The summed E-state index contributed by atoms with van der Waals surface area (Å²) in [6.07, 6.45) is 1.04. The molecule has 1 atom stereocenters. The zero-order valence-electron chi connectivity index (χ0n) is 10.3. The molecule has 1 heterocycles. The van der Waals surface area contributed by atoms with Crippen LogP contribution in [0, 0.1) is 0 Å². The van der Waals surface area contributed by atoms with Crippen LogP contribution in [0.4, 0.5) is 0 Å². The van der Waals surface area contributed by atoms with E-state index >= 15 is 0 Å². The minimum atomic E-state index is 0.176. The fourth-order valence-electron chi connectivity index (χ4n) is 2.03. The molecule has 18 heavy (non-hydrogen) atoms. The van der Waals surface area contributed by atoms with Crippen molar-refractivity contribution in [3.05, 3.63) is 55.7 Å². The van der Waals surface area contributed by atoms with Gasteiger partial charge in [-0.2, -0.15) is 0 Å². The van der Waals surface area contributed by atoms with Gasteiger partial charge in [0.05, 0.1) is 16.1 Å². The number of thiophene rings is 1. The smallest absolute Gasteiger partial charge is 0.0671 e. The van der Waals surface area contributed by atoms with Crippen molar-refractivity contribution in [1.29, 1.82) is 0 Å². The van der Waals surface area contributed by atoms with Gasteiger partial charge in [-0.15, -0.1) is 11.3 Å².